The zero-order chi connectivity index (χ0) is 20.1. The highest BCUT2D eigenvalue weighted by Gasteiger charge is 2.29. The molecule has 28 heavy (non-hydrogen) atoms. The Balaban J connectivity index is 1.62. The SMILES string of the molecule is CCOc1ccc(CNC(=O)Cn2nc(C3CC3)cc2C(F)F)cc1OCC. The molecule has 0 atom stereocenters. The number of rotatable bonds is 10. The van der Waals surface area contributed by atoms with Gasteiger partial charge < -0.3 is 14.8 Å². The van der Waals surface area contributed by atoms with Crippen LogP contribution in [0, 0.1) is 0 Å². The quantitative estimate of drug-likeness (QED) is 0.667. The fraction of sp³-hybridized carbons (Fsp3) is 0.500. The van der Waals surface area contributed by atoms with Crippen molar-refractivity contribution in [1.29, 1.82) is 0 Å². The lowest BCUT2D eigenvalue weighted by Crippen LogP contribution is -2.28. The van der Waals surface area contributed by atoms with Crippen LogP contribution in [0.25, 0.3) is 0 Å². The second-order valence-electron chi connectivity index (χ2n) is 6.65. The molecule has 0 spiro atoms. The number of nitrogens with one attached hydrogen (secondary N) is 1. The molecule has 1 fully saturated rings. The van der Waals surface area contributed by atoms with Crippen LogP contribution in [0.5, 0.6) is 11.5 Å². The Morgan fingerprint density at radius 2 is 1.93 bits per heavy atom. The maximum atomic E-state index is 13.2. The second-order valence-corrected chi connectivity index (χ2v) is 6.65. The average Bonchev–Trinajstić information content (AvgIpc) is 3.43. The van der Waals surface area contributed by atoms with Gasteiger partial charge in [0.05, 0.1) is 18.9 Å². The van der Waals surface area contributed by atoms with E-state index in [1.165, 1.54) is 6.07 Å². The minimum absolute atomic E-state index is 0.211. The molecular weight excluding hydrogens is 368 g/mol. The Bertz CT molecular complexity index is 819. The van der Waals surface area contributed by atoms with Crippen molar-refractivity contribution < 1.29 is 23.0 Å². The van der Waals surface area contributed by atoms with Crippen LogP contribution < -0.4 is 14.8 Å². The van der Waals surface area contributed by atoms with E-state index in [-0.39, 0.29) is 30.6 Å². The molecule has 0 bridgehead atoms. The lowest BCUT2D eigenvalue weighted by atomic mass is 10.2. The topological polar surface area (TPSA) is 65.4 Å². The van der Waals surface area contributed by atoms with Gasteiger partial charge in [0.15, 0.2) is 11.5 Å². The predicted octanol–water partition coefficient (Wildman–Crippen LogP) is 3.81. The van der Waals surface area contributed by atoms with Gasteiger partial charge in [0.1, 0.15) is 12.2 Å². The zero-order valence-corrected chi connectivity index (χ0v) is 16.1. The minimum atomic E-state index is -2.66. The van der Waals surface area contributed by atoms with Crippen LogP contribution in [0.3, 0.4) is 0 Å². The van der Waals surface area contributed by atoms with Gasteiger partial charge in [0.25, 0.3) is 6.43 Å². The standard InChI is InChI=1S/C20H25F2N3O3/c1-3-27-17-8-5-13(9-18(17)28-4-2)11-23-19(26)12-25-16(20(21)22)10-15(24-25)14-6-7-14/h5,8-10,14,20H,3-4,6-7,11-12H2,1-2H3,(H,23,26). The first-order chi connectivity index (χ1) is 13.5. The molecule has 0 saturated heterocycles. The number of carbonyl (C=O) groups is 1. The van der Waals surface area contributed by atoms with E-state index < -0.39 is 6.43 Å². The molecule has 1 saturated carbocycles. The molecule has 1 aliphatic carbocycles. The van der Waals surface area contributed by atoms with Crippen molar-refractivity contribution in [3.05, 3.63) is 41.2 Å². The van der Waals surface area contributed by atoms with Gasteiger partial charge in [-0.25, -0.2) is 8.78 Å². The smallest absolute Gasteiger partial charge is 0.280 e. The van der Waals surface area contributed by atoms with Crippen molar-refractivity contribution in [2.75, 3.05) is 13.2 Å². The van der Waals surface area contributed by atoms with Crippen LogP contribution in [0.1, 0.15) is 56.0 Å². The predicted molar refractivity (Wildman–Crippen MR) is 99.8 cm³/mol. The lowest BCUT2D eigenvalue weighted by Gasteiger charge is -2.13. The maximum absolute atomic E-state index is 13.2. The largest absolute Gasteiger partial charge is 0.490 e. The number of hydrogen-bond acceptors (Lipinski definition) is 4. The van der Waals surface area contributed by atoms with Gasteiger partial charge >= 0.3 is 0 Å². The molecule has 1 aromatic heterocycles. The van der Waals surface area contributed by atoms with E-state index in [4.69, 9.17) is 9.47 Å². The molecule has 1 aliphatic rings. The van der Waals surface area contributed by atoms with Gasteiger partial charge in [-0.15, -0.1) is 0 Å². The Hall–Kier alpha value is -2.64. The average molecular weight is 393 g/mol. The van der Waals surface area contributed by atoms with Crippen molar-refractivity contribution in [2.45, 2.75) is 52.1 Å². The highest BCUT2D eigenvalue weighted by Crippen LogP contribution is 2.40. The molecule has 6 nitrogen and oxygen atoms in total. The molecular formula is C20H25F2N3O3. The molecule has 8 heteroatoms. The molecule has 1 heterocycles. The lowest BCUT2D eigenvalue weighted by molar-refractivity contribution is -0.122. The normalized spacial score (nSPS) is 13.6. The fourth-order valence-electron chi connectivity index (χ4n) is 2.93. The number of carbonyl (C=O) groups excluding carboxylic acids is 1. The molecule has 2 aromatic rings. The van der Waals surface area contributed by atoms with Gasteiger partial charge in [0, 0.05) is 12.5 Å². The molecule has 152 valence electrons. The second kappa shape index (κ2) is 9.03. The number of hydrogen-bond donors (Lipinski definition) is 1. The molecule has 0 radical (unpaired) electrons. The number of aromatic nitrogens is 2. The summed E-state index contributed by atoms with van der Waals surface area (Å²) in [5.41, 5.74) is 1.26. The van der Waals surface area contributed by atoms with Gasteiger partial charge in [-0.3, -0.25) is 9.48 Å². The summed E-state index contributed by atoms with van der Waals surface area (Å²) in [5.74, 6) is 1.13. The van der Waals surface area contributed by atoms with E-state index in [0.29, 0.717) is 30.4 Å². The van der Waals surface area contributed by atoms with Crippen LogP contribution >= 0.6 is 0 Å². The van der Waals surface area contributed by atoms with E-state index in [1.54, 1.807) is 12.1 Å². The van der Waals surface area contributed by atoms with Gasteiger partial charge in [-0.2, -0.15) is 5.10 Å². The number of halogens is 2. The van der Waals surface area contributed by atoms with Crippen LogP contribution in [-0.2, 0) is 17.9 Å². The molecule has 0 aliphatic heterocycles. The Kier molecular flexibility index (Phi) is 6.49. The van der Waals surface area contributed by atoms with Gasteiger partial charge in [0.2, 0.25) is 5.91 Å². The Morgan fingerprint density at radius 1 is 1.21 bits per heavy atom. The third-order valence-corrected chi connectivity index (χ3v) is 4.44. The molecule has 1 N–H and O–H groups in total. The summed E-state index contributed by atoms with van der Waals surface area (Å²) in [4.78, 5) is 12.3. The molecule has 0 unspecified atom stereocenters. The van der Waals surface area contributed by atoms with Gasteiger partial charge in [-0.05, 0) is 50.5 Å². The van der Waals surface area contributed by atoms with Crippen LogP contribution in [0.2, 0.25) is 0 Å². The monoisotopic (exact) mass is 393 g/mol. The molecule has 1 amide bonds. The fourth-order valence-corrected chi connectivity index (χ4v) is 2.93. The summed E-state index contributed by atoms with van der Waals surface area (Å²) >= 11 is 0. The highest BCUT2D eigenvalue weighted by atomic mass is 19.3. The van der Waals surface area contributed by atoms with Crippen molar-refractivity contribution >= 4 is 5.91 Å². The first-order valence-corrected chi connectivity index (χ1v) is 9.52. The first-order valence-electron chi connectivity index (χ1n) is 9.52. The van der Waals surface area contributed by atoms with E-state index in [0.717, 1.165) is 23.1 Å². The number of benzene rings is 1. The number of ether oxygens (including phenoxy) is 2. The first kappa shape index (κ1) is 20.1. The number of alkyl halides is 2. The van der Waals surface area contributed by atoms with Crippen molar-refractivity contribution in [3.63, 3.8) is 0 Å². The summed E-state index contributed by atoms with van der Waals surface area (Å²) in [7, 11) is 0. The maximum Gasteiger partial charge on any atom is 0.280 e. The minimum Gasteiger partial charge on any atom is -0.490 e. The molecule has 3 rings (SSSR count). The van der Waals surface area contributed by atoms with Crippen LogP contribution in [0.15, 0.2) is 24.3 Å². The van der Waals surface area contributed by atoms with Crippen molar-refractivity contribution in [3.8, 4) is 11.5 Å². The summed E-state index contributed by atoms with van der Waals surface area (Å²) in [5, 5.41) is 6.95. The number of amides is 1. The van der Waals surface area contributed by atoms with Gasteiger partial charge in [-0.1, -0.05) is 6.07 Å². The highest BCUT2D eigenvalue weighted by molar-refractivity contribution is 5.75. The van der Waals surface area contributed by atoms with E-state index >= 15 is 0 Å². The summed E-state index contributed by atoms with van der Waals surface area (Å²) in [6.45, 7) is 4.81. The van der Waals surface area contributed by atoms with Crippen LogP contribution in [0.4, 0.5) is 8.78 Å². The third-order valence-electron chi connectivity index (χ3n) is 4.44. The summed E-state index contributed by atoms with van der Waals surface area (Å²) in [6.07, 6.45) is -0.731. The zero-order valence-electron chi connectivity index (χ0n) is 16.1. The van der Waals surface area contributed by atoms with E-state index in [1.807, 2.05) is 19.9 Å². The van der Waals surface area contributed by atoms with Crippen LogP contribution in [-0.4, -0.2) is 28.9 Å². The van der Waals surface area contributed by atoms with Crippen molar-refractivity contribution in [2.24, 2.45) is 0 Å². The third kappa shape index (κ3) is 4.99. The van der Waals surface area contributed by atoms with Crippen molar-refractivity contribution in [1.82, 2.24) is 15.1 Å². The summed E-state index contributed by atoms with van der Waals surface area (Å²) < 4.78 is 38.6. The molecule has 1 aromatic carbocycles. The Labute approximate surface area is 162 Å². The van der Waals surface area contributed by atoms with E-state index in [9.17, 15) is 13.6 Å². The Morgan fingerprint density at radius 3 is 2.57 bits per heavy atom. The summed E-state index contributed by atoms with van der Waals surface area (Å²) in [6, 6.07) is 6.84. The number of nitrogens with zero attached hydrogens (tertiary/aromatic N) is 2. The van der Waals surface area contributed by atoms with E-state index in [2.05, 4.69) is 10.4 Å².